The fraction of sp³-hybridized carbons (Fsp3) is 0.643. The SMILES string of the molecule is CCCS(=O)(=O)NC1CCC(Oc2nccnc2C#N)CC1. The largest absolute Gasteiger partial charge is 0.472 e. The van der Waals surface area contributed by atoms with E-state index in [1.54, 1.807) is 0 Å². The molecule has 1 heterocycles. The zero-order valence-electron chi connectivity index (χ0n) is 12.5. The Morgan fingerprint density at radius 3 is 2.64 bits per heavy atom. The monoisotopic (exact) mass is 324 g/mol. The zero-order valence-corrected chi connectivity index (χ0v) is 13.3. The van der Waals surface area contributed by atoms with E-state index in [1.165, 1.54) is 12.4 Å². The predicted octanol–water partition coefficient (Wildman–Crippen LogP) is 1.37. The molecule has 0 radical (unpaired) electrons. The van der Waals surface area contributed by atoms with Gasteiger partial charge in [-0.25, -0.2) is 23.1 Å². The number of nitrogens with one attached hydrogen (secondary N) is 1. The van der Waals surface area contributed by atoms with Gasteiger partial charge in [-0.05, 0) is 32.1 Å². The summed E-state index contributed by atoms with van der Waals surface area (Å²) in [6, 6.07) is 1.92. The van der Waals surface area contributed by atoms with Crippen molar-refractivity contribution in [1.29, 1.82) is 5.26 Å². The third kappa shape index (κ3) is 4.64. The normalized spacial score (nSPS) is 22.0. The quantitative estimate of drug-likeness (QED) is 0.847. The average Bonchev–Trinajstić information content (AvgIpc) is 2.49. The first-order valence-electron chi connectivity index (χ1n) is 7.42. The van der Waals surface area contributed by atoms with E-state index in [0.717, 1.165) is 25.7 Å². The lowest BCUT2D eigenvalue weighted by Crippen LogP contribution is -2.40. The molecule has 0 amide bonds. The topological polar surface area (TPSA) is 105 Å². The highest BCUT2D eigenvalue weighted by Gasteiger charge is 2.26. The summed E-state index contributed by atoms with van der Waals surface area (Å²) >= 11 is 0. The molecule has 0 spiro atoms. The highest BCUT2D eigenvalue weighted by atomic mass is 32.2. The van der Waals surface area contributed by atoms with Crippen molar-refractivity contribution in [3.05, 3.63) is 18.1 Å². The van der Waals surface area contributed by atoms with E-state index in [0.29, 0.717) is 6.42 Å². The van der Waals surface area contributed by atoms with Gasteiger partial charge in [0, 0.05) is 18.4 Å². The maximum atomic E-state index is 11.8. The minimum atomic E-state index is -3.17. The molecule has 7 nitrogen and oxygen atoms in total. The van der Waals surface area contributed by atoms with Crippen molar-refractivity contribution in [1.82, 2.24) is 14.7 Å². The van der Waals surface area contributed by atoms with Crippen molar-refractivity contribution in [3.8, 4) is 11.9 Å². The van der Waals surface area contributed by atoms with E-state index in [1.807, 2.05) is 13.0 Å². The minimum absolute atomic E-state index is 0.0336. The van der Waals surface area contributed by atoms with Crippen molar-refractivity contribution in [2.45, 2.75) is 51.2 Å². The molecule has 120 valence electrons. The second kappa shape index (κ2) is 7.51. The van der Waals surface area contributed by atoms with E-state index in [9.17, 15) is 8.42 Å². The summed E-state index contributed by atoms with van der Waals surface area (Å²) in [5.74, 6) is 0.411. The summed E-state index contributed by atoms with van der Waals surface area (Å²) < 4.78 is 32.0. The second-order valence-corrected chi connectivity index (χ2v) is 7.22. The van der Waals surface area contributed by atoms with Gasteiger partial charge in [0.15, 0.2) is 0 Å². The maximum absolute atomic E-state index is 11.8. The average molecular weight is 324 g/mol. The van der Waals surface area contributed by atoms with E-state index >= 15 is 0 Å². The molecule has 1 aromatic heterocycles. The predicted molar refractivity (Wildman–Crippen MR) is 80.6 cm³/mol. The maximum Gasteiger partial charge on any atom is 0.251 e. The zero-order chi connectivity index (χ0) is 16.0. The number of rotatable bonds is 6. The Balaban J connectivity index is 1.86. The lowest BCUT2D eigenvalue weighted by molar-refractivity contribution is 0.137. The molecule has 0 atom stereocenters. The van der Waals surface area contributed by atoms with Crippen LogP contribution in [0.1, 0.15) is 44.7 Å². The van der Waals surface area contributed by atoms with Gasteiger partial charge in [-0.2, -0.15) is 5.26 Å². The number of nitriles is 1. The van der Waals surface area contributed by atoms with Gasteiger partial charge in [-0.15, -0.1) is 0 Å². The smallest absolute Gasteiger partial charge is 0.251 e. The van der Waals surface area contributed by atoms with Crippen LogP contribution < -0.4 is 9.46 Å². The molecule has 22 heavy (non-hydrogen) atoms. The molecule has 8 heteroatoms. The number of aromatic nitrogens is 2. The molecule has 0 unspecified atom stereocenters. The van der Waals surface area contributed by atoms with Crippen LogP contribution in [0.3, 0.4) is 0 Å². The van der Waals surface area contributed by atoms with Gasteiger partial charge in [-0.1, -0.05) is 6.92 Å². The Labute approximate surface area is 130 Å². The van der Waals surface area contributed by atoms with Crippen molar-refractivity contribution in [2.75, 3.05) is 5.75 Å². The summed E-state index contributed by atoms with van der Waals surface area (Å²) in [6.45, 7) is 1.84. The van der Waals surface area contributed by atoms with E-state index < -0.39 is 10.0 Å². The van der Waals surface area contributed by atoms with Crippen LogP contribution in [0, 0.1) is 11.3 Å². The van der Waals surface area contributed by atoms with Crippen LogP contribution >= 0.6 is 0 Å². The van der Waals surface area contributed by atoms with Gasteiger partial charge in [-0.3, -0.25) is 0 Å². The molecule has 1 aromatic rings. The Hall–Kier alpha value is -1.72. The Morgan fingerprint density at radius 2 is 2.00 bits per heavy atom. The van der Waals surface area contributed by atoms with Crippen LogP contribution in [0.15, 0.2) is 12.4 Å². The van der Waals surface area contributed by atoms with Crippen molar-refractivity contribution >= 4 is 10.0 Å². The third-order valence-electron chi connectivity index (χ3n) is 3.54. The van der Waals surface area contributed by atoms with Crippen LogP contribution in [-0.4, -0.2) is 36.3 Å². The molecular weight excluding hydrogens is 304 g/mol. The van der Waals surface area contributed by atoms with Crippen LogP contribution in [0.2, 0.25) is 0 Å². The van der Waals surface area contributed by atoms with Gasteiger partial charge in [0.2, 0.25) is 15.7 Å². The Bertz CT molecular complexity index is 634. The number of nitrogens with zero attached hydrogens (tertiary/aromatic N) is 3. The molecular formula is C14H20N4O3S. The first kappa shape index (κ1) is 16.6. The highest BCUT2D eigenvalue weighted by Crippen LogP contribution is 2.24. The second-order valence-electron chi connectivity index (χ2n) is 5.35. The van der Waals surface area contributed by atoms with Crippen molar-refractivity contribution in [3.63, 3.8) is 0 Å². The van der Waals surface area contributed by atoms with Crippen molar-refractivity contribution in [2.24, 2.45) is 0 Å². The molecule has 1 fully saturated rings. The number of hydrogen-bond donors (Lipinski definition) is 1. The molecule has 0 aromatic carbocycles. The summed E-state index contributed by atoms with van der Waals surface area (Å²) in [7, 11) is -3.17. The Morgan fingerprint density at radius 1 is 1.32 bits per heavy atom. The fourth-order valence-corrected chi connectivity index (χ4v) is 3.93. The summed E-state index contributed by atoms with van der Waals surface area (Å²) in [5, 5.41) is 8.96. The van der Waals surface area contributed by atoms with Crippen LogP contribution in [0.25, 0.3) is 0 Å². The first-order valence-corrected chi connectivity index (χ1v) is 9.07. The van der Waals surface area contributed by atoms with E-state index in [4.69, 9.17) is 10.00 Å². The first-order chi connectivity index (χ1) is 10.5. The van der Waals surface area contributed by atoms with Gasteiger partial charge in [0.25, 0.3) is 5.88 Å². The lowest BCUT2D eigenvalue weighted by atomic mass is 9.94. The standard InChI is InChI=1S/C14H20N4O3S/c1-2-9-22(19,20)18-11-3-5-12(6-4-11)21-14-13(10-15)16-7-8-17-14/h7-8,11-12,18H,2-6,9H2,1H3. The number of ether oxygens (including phenoxy) is 1. The molecule has 2 rings (SSSR count). The molecule has 1 aliphatic carbocycles. The summed E-state index contributed by atoms with van der Waals surface area (Å²) in [5.41, 5.74) is 0.174. The van der Waals surface area contributed by atoms with Gasteiger partial charge in [0.1, 0.15) is 12.2 Å². The Kier molecular flexibility index (Phi) is 5.69. The number of hydrogen-bond acceptors (Lipinski definition) is 6. The van der Waals surface area contributed by atoms with Crippen LogP contribution in [-0.2, 0) is 10.0 Å². The van der Waals surface area contributed by atoms with Crippen LogP contribution in [0.4, 0.5) is 0 Å². The van der Waals surface area contributed by atoms with Gasteiger partial charge < -0.3 is 4.74 Å². The minimum Gasteiger partial charge on any atom is -0.472 e. The van der Waals surface area contributed by atoms with Crippen LogP contribution in [0.5, 0.6) is 5.88 Å². The molecule has 0 saturated heterocycles. The molecule has 0 bridgehead atoms. The fourth-order valence-electron chi connectivity index (χ4n) is 2.53. The third-order valence-corrected chi connectivity index (χ3v) is 5.18. The molecule has 1 aliphatic rings. The van der Waals surface area contributed by atoms with E-state index in [-0.39, 0.29) is 29.5 Å². The number of sulfonamides is 1. The molecule has 1 N–H and O–H groups in total. The summed E-state index contributed by atoms with van der Waals surface area (Å²) in [6.07, 6.45) is 6.37. The van der Waals surface area contributed by atoms with E-state index in [2.05, 4.69) is 14.7 Å². The lowest BCUT2D eigenvalue weighted by Gasteiger charge is -2.29. The van der Waals surface area contributed by atoms with Gasteiger partial charge >= 0.3 is 0 Å². The molecule has 0 aliphatic heterocycles. The highest BCUT2D eigenvalue weighted by molar-refractivity contribution is 7.89. The molecule has 1 saturated carbocycles. The summed E-state index contributed by atoms with van der Waals surface area (Å²) in [4.78, 5) is 7.93. The van der Waals surface area contributed by atoms with Crippen molar-refractivity contribution < 1.29 is 13.2 Å². The van der Waals surface area contributed by atoms with Gasteiger partial charge in [0.05, 0.1) is 5.75 Å².